The summed E-state index contributed by atoms with van der Waals surface area (Å²) in [5.41, 5.74) is 0.433. The number of carbonyl (C=O) groups excluding carboxylic acids is 2. The van der Waals surface area contributed by atoms with Gasteiger partial charge in [0.1, 0.15) is 29.7 Å². The molecule has 45 heavy (non-hydrogen) atoms. The van der Waals surface area contributed by atoms with Crippen molar-refractivity contribution in [2.45, 2.75) is 104 Å². The van der Waals surface area contributed by atoms with Crippen LogP contribution >= 0.6 is 7.75 Å². The average molecular weight is 650 g/mol. The molecule has 1 aliphatic carbocycles. The average Bonchev–Trinajstić information content (AvgIpc) is 3.56. The molecule has 0 bridgehead atoms. The topological polar surface area (TPSA) is 140 Å². The fourth-order valence-corrected chi connectivity index (χ4v) is 7.82. The minimum atomic E-state index is -3.98. The number of rotatable bonds is 18. The number of anilines is 1. The summed E-state index contributed by atoms with van der Waals surface area (Å²) in [5, 5.41) is 17.2. The monoisotopic (exact) mass is 649 g/mol. The molecule has 252 valence electrons. The van der Waals surface area contributed by atoms with Gasteiger partial charge in [-0.25, -0.2) is 4.57 Å². The highest BCUT2D eigenvalue weighted by Gasteiger charge is 2.41. The Morgan fingerprint density at radius 2 is 1.64 bits per heavy atom. The molecule has 0 spiro atoms. The Bertz CT molecular complexity index is 1210. The Morgan fingerprint density at radius 3 is 2.18 bits per heavy atom. The van der Waals surface area contributed by atoms with Crippen LogP contribution in [0.2, 0.25) is 0 Å². The standard InChI is InChI=1S/C33H52N3O8P/c1-7-43-45(40,44-8-2)36(26-16-18-27(41-6)19-17-26)24(5)32(38)35-29(21-23(3)4)33(39)34-28(22-25-13-10-9-11-14-25)31(37)30-15-12-20-42-30/h12,15-20,23-25,28-29,31,37H,7-11,13-14,21-22H2,1-6H3,(H,34,39)(H,35,38)/t24-,28-,29-,31+/m0/s1. The highest BCUT2D eigenvalue weighted by atomic mass is 31.2. The molecule has 2 aromatic rings. The first kappa shape index (κ1) is 36.6. The van der Waals surface area contributed by atoms with Crippen LogP contribution in [0.25, 0.3) is 0 Å². The second-order valence-corrected chi connectivity index (χ2v) is 13.9. The molecule has 4 atom stereocenters. The van der Waals surface area contributed by atoms with Crippen LogP contribution in [0.5, 0.6) is 5.75 Å². The van der Waals surface area contributed by atoms with Crippen LogP contribution in [0.4, 0.5) is 5.69 Å². The van der Waals surface area contributed by atoms with Gasteiger partial charge in [0.2, 0.25) is 11.8 Å². The van der Waals surface area contributed by atoms with Gasteiger partial charge in [-0.1, -0.05) is 46.0 Å². The molecule has 1 aromatic carbocycles. The van der Waals surface area contributed by atoms with E-state index in [0.717, 1.165) is 25.7 Å². The molecule has 11 nitrogen and oxygen atoms in total. The molecule has 1 aromatic heterocycles. The summed E-state index contributed by atoms with van der Waals surface area (Å²) in [6, 6.07) is 7.60. The quantitative estimate of drug-likeness (QED) is 0.157. The van der Waals surface area contributed by atoms with Gasteiger partial charge in [-0.2, -0.15) is 0 Å². The molecule has 12 heteroatoms. The van der Waals surface area contributed by atoms with Crippen LogP contribution in [0.15, 0.2) is 47.1 Å². The van der Waals surface area contributed by atoms with Crippen LogP contribution < -0.4 is 20.0 Å². The zero-order valence-electron chi connectivity index (χ0n) is 27.6. The Morgan fingerprint density at radius 1 is 1.00 bits per heavy atom. The summed E-state index contributed by atoms with van der Waals surface area (Å²) in [6.07, 6.45) is 6.96. The summed E-state index contributed by atoms with van der Waals surface area (Å²) in [5.74, 6) is 0.486. The molecule has 0 aliphatic heterocycles. The third-order valence-corrected chi connectivity index (χ3v) is 10.4. The number of amides is 2. The number of carbonyl (C=O) groups is 2. The van der Waals surface area contributed by atoms with Gasteiger partial charge in [0.15, 0.2) is 0 Å². The van der Waals surface area contributed by atoms with E-state index in [1.165, 1.54) is 17.4 Å². The van der Waals surface area contributed by atoms with Crippen molar-refractivity contribution >= 4 is 25.2 Å². The highest BCUT2D eigenvalue weighted by Crippen LogP contribution is 2.55. The van der Waals surface area contributed by atoms with Gasteiger partial charge < -0.3 is 24.9 Å². The minimum Gasteiger partial charge on any atom is -0.497 e. The SMILES string of the molecule is CCOP(=O)(OCC)N(c1ccc(OC)cc1)[C@@H](C)C(=O)N[C@@H](CC(C)C)C(=O)N[C@@H](CC1CCCCC1)[C@@H](O)c1ccco1. The molecular weight excluding hydrogens is 597 g/mol. The van der Waals surface area contributed by atoms with Crippen molar-refractivity contribution in [3.05, 3.63) is 48.4 Å². The van der Waals surface area contributed by atoms with Crippen molar-refractivity contribution in [3.63, 3.8) is 0 Å². The molecule has 1 saturated carbocycles. The van der Waals surface area contributed by atoms with Crippen molar-refractivity contribution in [1.82, 2.24) is 10.6 Å². The maximum atomic E-state index is 14.1. The molecule has 2 amide bonds. The molecule has 3 N–H and O–H groups in total. The van der Waals surface area contributed by atoms with Gasteiger partial charge in [-0.15, -0.1) is 0 Å². The summed E-state index contributed by atoms with van der Waals surface area (Å²) in [4.78, 5) is 27.8. The summed E-state index contributed by atoms with van der Waals surface area (Å²) in [7, 11) is -2.43. The first-order valence-corrected chi connectivity index (χ1v) is 17.7. The van der Waals surface area contributed by atoms with Gasteiger partial charge in [0.25, 0.3) is 0 Å². The van der Waals surface area contributed by atoms with Crippen LogP contribution in [-0.2, 0) is 23.2 Å². The smallest absolute Gasteiger partial charge is 0.435 e. The fraction of sp³-hybridized carbons (Fsp3) is 0.636. The van der Waals surface area contributed by atoms with E-state index in [0.29, 0.717) is 36.0 Å². The Kier molecular flexibility index (Phi) is 14.4. The van der Waals surface area contributed by atoms with Crippen LogP contribution in [-0.4, -0.2) is 55.4 Å². The number of aliphatic hydroxyl groups excluding tert-OH is 1. The zero-order chi connectivity index (χ0) is 33.0. The predicted octanol–water partition coefficient (Wildman–Crippen LogP) is 6.38. The van der Waals surface area contributed by atoms with E-state index in [2.05, 4.69) is 10.6 Å². The lowest BCUT2D eigenvalue weighted by atomic mass is 9.83. The first-order valence-electron chi connectivity index (χ1n) is 16.2. The third-order valence-electron chi connectivity index (χ3n) is 8.13. The van der Waals surface area contributed by atoms with Crippen LogP contribution in [0.1, 0.15) is 91.4 Å². The number of nitrogens with one attached hydrogen (secondary N) is 2. The van der Waals surface area contributed by atoms with E-state index in [9.17, 15) is 19.3 Å². The van der Waals surface area contributed by atoms with Gasteiger partial charge in [-0.05, 0) is 81.8 Å². The van der Waals surface area contributed by atoms with Crippen molar-refractivity contribution in [2.24, 2.45) is 11.8 Å². The minimum absolute atomic E-state index is 0.0683. The third kappa shape index (κ3) is 10.3. The summed E-state index contributed by atoms with van der Waals surface area (Å²) < 4.78 is 37.5. The number of benzene rings is 1. The Labute approximate surface area is 268 Å². The Balaban J connectivity index is 1.87. The number of nitrogens with zero attached hydrogens (tertiary/aromatic N) is 1. The van der Waals surface area contributed by atoms with Crippen LogP contribution in [0.3, 0.4) is 0 Å². The zero-order valence-corrected chi connectivity index (χ0v) is 28.5. The van der Waals surface area contributed by atoms with E-state index in [4.69, 9.17) is 18.2 Å². The highest BCUT2D eigenvalue weighted by molar-refractivity contribution is 7.55. The molecule has 0 saturated heterocycles. The number of furan rings is 1. The lowest BCUT2D eigenvalue weighted by molar-refractivity contribution is -0.130. The van der Waals surface area contributed by atoms with E-state index in [-0.39, 0.29) is 19.1 Å². The van der Waals surface area contributed by atoms with Gasteiger partial charge in [-0.3, -0.25) is 23.3 Å². The lowest BCUT2D eigenvalue weighted by Crippen LogP contribution is -2.55. The molecular formula is C33H52N3O8P. The van der Waals surface area contributed by atoms with Crippen molar-refractivity contribution < 1.29 is 37.5 Å². The lowest BCUT2D eigenvalue weighted by Gasteiger charge is -2.36. The predicted molar refractivity (Wildman–Crippen MR) is 174 cm³/mol. The second-order valence-electron chi connectivity index (χ2n) is 12.0. The van der Waals surface area contributed by atoms with Gasteiger partial charge >= 0.3 is 7.75 Å². The molecule has 1 aliphatic rings. The second kappa shape index (κ2) is 17.7. The number of methoxy groups -OCH3 is 1. The van der Waals surface area contributed by atoms with Crippen molar-refractivity contribution in [3.8, 4) is 5.75 Å². The summed E-state index contributed by atoms with van der Waals surface area (Å²) in [6.45, 7) is 9.12. The van der Waals surface area contributed by atoms with E-state index in [1.807, 2.05) is 13.8 Å². The number of hydrogen-bond acceptors (Lipinski definition) is 8. The molecule has 1 heterocycles. The fourth-order valence-electron chi connectivity index (χ4n) is 5.90. The number of ether oxygens (including phenoxy) is 1. The molecule has 3 rings (SSSR count). The maximum absolute atomic E-state index is 14.1. The van der Waals surface area contributed by atoms with E-state index < -0.39 is 43.8 Å². The largest absolute Gasteiger partial charge is 0.497 e. The van der Waals surface area contributed by atoms with Crippen molar-refractivity contribution in [1.29, 1.82) is 0 Å². The first-order chi connectivity index (χ1) is 21.5. The molecule has 1 fully saturated rings. The van der Waals surface area contributed by atoms with Crippen molar-refractivity contribution in [2.75, 3.05) is 25.0 Å². The normalized spacial score (nSPS) is 16.9. The van der Waals surface area contributed by atoms with E-state index >= 15 is 0 Å². The van der Waals surface area contributed by atoms with Gasteiger partial charge in [0, 0.05) is 5.69 Å². The number of hydrogen-bond donors (Lipinski definition) is 3. The molecule has 0 radical (unpaired) electrons. The number of aliphatic hydroxyl groups is 1. The van der Waals surface area contributed by atoms with Gasteiger partial charge in [0.05, 0.1) is 32.6 Å². The molecule has 0 unspecified atom stereocenters. The summed E-state index contributed by atoms with van der Waals surface area (Å²) >= 11 is 0. The van der Waals surface area contributed by atoms with E-state index in [1.54, 1.807) is 64.3 Å². The van der Waals surface area contributed by atoms with Crippen LogP contribution in [0, 0.1) is 11.8 Å². The maximum Gasteiger partial charge on any atom is 0.435 e. The Hall–Kier alpha value is -2.85.